The third-order valence-corrected chi connectivity index (χ3v) is 1.71. The van der Waals surface area contributed by atoms with Crippen LogP contribution in [0.2, 0.25) is 0 Å². The van der Waals surface area contributed by atoms with E-state index in [1.807, 2.05) is 42.3 Å². The molecule has 1 aromatic rings. The molecule has 0 atom stereocenters. The van der Waals surface area contributed by atoms with Crippen molar-refractivity contribution < 1.29 is 4.79 Å². The Hall–Kier alpha value is -1.35. The monoisotopic (exact) mass is 177 g/mol. The Morgan fingerprint density at radius 1 is 1.38 bits per heavy atom. The van der Waals surface area contributed by atoms with Crippen molar-refractivity contribution in [2.75, 3.05) is 13.6 Å². The van der Waals surface area contributed by atoms with E-state index < -0.39 is 5.91 Å². The summed E-state index contributed by atoms with van der Waals surface area (Å²) >= 11 is 0. The molecule has 0 spiro atoms. The van der Waals surface area contributed by atoms with Gasteiger partial charge in [-0.2, -0.15) is 0 Å². The van der Waals surface area contributed by atoms with E-state index in [0.29, 0.717) is 6.54 Å². The summed E-state index contributed by atoms with van der Waals surface area (Å²) in [6, 6.07) is 9.90. The van der Waals surface area contributed by atoms with Crippen LogP contribution in [-0.4, -0.2) is 24.4 Å². The first-order chi connectivity index (χ1) is 6.18. The van der Waals surface area contributed by atoms with E-state index in [2.05, 4.69) is 0 Å². The Labute approximate surface area is 78.2 Å². The molecule has 0 bridgehead atoms. The Morgan fingerprint density at radius 3 is 2.54 bits per heavy atom. The number of rotatable bonds is 4. The van der Waals surface area contributed by atoms with Gasteiger partial charge in [0, 0.05) is 6.54 Å². The van der Waals surface area contributed by atoms with Gasteiger partial charge >= 0.3 is 0 Å². The second-order valence-electron chi connectivity index (χ2n) is 3.08. The molecule has 0 heterocycles. The van der Waals surface area contributed by atoms with E-state index in [9.17, 15) is 4.79 Å². The highest BCUT2D eigenvalue weighted by atomic mass is 16.1. The van der Waals surface area contributed by atoms with Gasteiger partial charge in [0.05, 0.1) is 6.54 Å². The molecule has 1 aromatic carbocycles. The molecular formula is C10H13N2O. The second kappa shape index (κ2) is 4.62. The molecule has 0 unspecified atom stereocenters. The number of likely N-dealkylation sites (N-methyl/N-ethyl adjacent to an activating group) is 1. The standard InChI is InChI=1S/C10H13N2O/c1-12(8-10(11)13)7-9-5-3-2-4-6-9/h2-6,11H,7-8H2,1H3. The summed E-state index contributed by atoms with van der Waals surface area (Å²) < 4.78 is 0. The minimum absolute atomic E-state index is 0.189. The molecule has 0 aliphatic heterocycles. The molecule has 0 aliphatic rings. The number of benzene rings is 1. The molecule has 0 aliphatic carbocycles. The molecule has 1 amide bonds. The van der Waals surface area contributed by atoms with Crippen LogP contribution >= 0.6 is 0 Å². The lowest BCUT2D eigenvalue weighted by Crippen LogP contribution is -2.25. The molecule has 0 fully saturated rings. The molecule has 69 valence electrons. The highest BCUT2D eigenvalue weighted by Gasteiger charge is 2.02. The van der Waals surface area contributed by atoms with Crippen LogP contribution in [0.25, 0.3) is 0 Å². The van der Waals surface area contributed by atoms with Crippen LogP contribution in [-0.2, 0) is 11.3 Å². The van der Waals surface area contributed by atoms with Gasteiger partial charge in [0.2, 0.25) is 0 Å². The summed E-state index contributed by atoms with van der Waals surface area (Å²) in [6.45, 7) is 0.903. The van der Waals surface area contributed by atoms with Crippen molar-refractivity contribution >= 4 is 5.91 Å². The maximum atomic E-state index is 10.5. The summed E-state index contributed by atoms with van der Waals surface area (Å²) in [5.74, 6) is -0.543. The van der Waals surface area contributed by atoms with Gasteiger partial charge in [0.1, 0.15) is 0 Å². The average molecular weight is 177 g/mol. The van der Waals surface area contributed by atoms with Crippen molar-refractivity contribution in [3.8, 4) is 0 Å². The van der Waals surface area contributed by atoms with Crippen LogP contribution in [0.3, 0.4) is 0 Å². The van der Waals surface area contributed by atoms with E-state index in [0.717, 1.165) is 5.56 Å². The van der Waals surface area contributed by atoms with Gasteiger partial charge in [-0.3, -0.25) is 15.4 Å². The van der Waals surface area contributed by atoms with Crippen LogP contribution in [0.15, 0.2) is 30.3 Å². The first-order valence-electron chi connectivity index (χ1n) is 4.15. The molecule has 13 heavy (non-hydrogen) atoms. The first kappa shape index (κ1) is 9.74. The molecule has 0 saturated heterocycles. The quantitative estimate of drug-likeness (QED) is 0.686. The van der Waals surface area contributed by atoms with Crippen molar-refractivity contribution in [3.05, 3.63) is 35.9 Å². The largest absolute Gasteiger partial charge is 0.293 e. The third kappa shape index (κ3) is 3.71. The molecule has 0 saturated carbocycles. The predicted octanol–water partition coefficient (Wildman–Crippen LogP) is 0.928. The van der Waals surface area contributed by atoms with Gasteiger partial charge in [-0.15, -0.1) is 0 Å². The number of nitrogens with zero attached hydrogens (tertiary/aromatic N) is 1. The van der Waals surface area contributed by atoms with Crippen molar-refractivity contribution in [2.45, 2.75) is 6.54 Å². The first-order valence-corrected chi connectivity index (χ1v) is 4.15. The van der Waals surface area contributed by atoms with E-state index in [1.165, 1.54) is 0 Å². The highest BCUT2D eigenvalue weighted by molar-refractivity contribution is 5.75. The average Bonchev–Trinajstić information content (AvgIpc) is 2.04. The minimum atomic E-state index is -0.543. The number of carbonyl (C=O) groups is 1. The fraction of sp³-hybridized carbons (Fsp3) is 0.300. The Balaban J connectivity index is 2.45. The van der Waals surface area contributed by atoms with Crippen molar-refractivity contribution in [1.82, 2.24) is 10.6 Å². The maximum Gasteiger partial charge on any atom is 0.252 e. The fourth-order valence-corrected chi connectivity index (χ4v) is 1.20. The van der Waals surface area contributed by atoms with Gasteiger partial charge in [-0.05, 0) is 12.6 Å². The summed E-state index contributed by atoms with van der Waals surface area (Å²) in [5.41, 5.74) is 7.95. The summed E-state index contributed by atoms with van der Waals surface area (Å²) in [6.07, 6.45) is 0. The molecule has 3 heteroatoms. The number of hydrogen-bond acceptors (Lipinski definition) is 2. The van der Waals surface area contributed by atoms with Crippen LogP contribution in [0, 0.1) is 0 Å². The van der Waals surface area contributed by atoms with Crippen LogP contribution in [0.5, 0.6) is 0 Å². The van der Waals surface area contributed by atoms with E-state index >= 15 is 0 Å². The molecule has 0 aromatic heterocycles. The van der Waals surface area contributed by atoms with E-state index in [1.54, 1.807) is 0 Å². The molecule has 1 rings (SSSR count). The summed E-state index contributed by atoms with van der Waals surface area (Å²) in [5, 5.41) is 0. The zero-order chi connectivity index (χ0) is 9.68. The molecular weight excluding hydrogens is 164 g/mol. The topological polar surface area (TPSA) is 44.1 Å². The number of carbonyl (C=O) groups excluding carboxylic acids is 1. The lowest BCUT2D eigenvalue weighted by Gasteiger charge is -2.13. The lowest BCUT2D eigenvalue weighted by atomic mass is 10.2. The maximum absolute atomic E-state index is 10.5. The number of hydrogen-bond donors (Lipinski definition) is 0. The van der Waals surface area contributed by atoms with Gasteiger partial charge in [0.25, 0.3) is 5.91 Å². The van der Waals surface area contributed by atoms with Gasteiger partial charge in [0.15, 0.2) is 0 Å². The van der Waals surface area contributed by atoms with Crippen molar-refractivity contribution in [2.24, 2.45) is 0 Å². The van der Waals surface area contributed by atoms with Crippen molar-refractivity contribution in [3.63, 3.8) is 0 Å². The van der Waals surface area contributed by atoms with Crippen LogP contribution in [0.4, 0.5) is 0 Å². The highest BCUT2D eigenvalue weighted by Crippen LogP contribution is 2.01. The smallest absolute Gasteiger partial charge is 0.252 e. The fourth-order valence-electron chi connectivity index (χ4n) is 1.20. The van der Waals surface area contributed by atoms with Gasteiger partial charge < -0.3 is 0 Å². The summed E-state index contributed by atoms with van der Waals surface area (Å²) in [7, 11) is 1.83. The zero-order valence-electron chi connectivity index (χ0n) is 7.66. The van der Waals surface area contributed by atoms with E-state index in [4.69, 9.17) is 5.73 Å². The van der Waals surface area contributed by atoms with Gasteiger partial charge in [-0.1, -0.05) is 30.3 Å². The SMILES string of the molecule is CN(CC([NH])=O)Cc1ccccc1. The van der Waals surface area contributed by atoms with Gasteiger partial charge in [-0.25, -0.2) is 0 Å². The van der Waals surface area contributed by atoms with Crippen LogP contribution < -0.4 is 5.73 Å². The number of amides is 1. The zero-order valence-corrected chi connectivity index (χ0v) is 7.66. The Morgan fingerprint density at radius 2 is 2.00 bits per heavy atom. The Bertz CT molecular complexity index is 272. The van der Waals surface area contributed by atoms with Crippen molar-refractivity contribution in [1.29, 1.82) is 0 Å². The minimum Gasteiger partial charge on any atom is -0.293 e. The normalized spacial score (nSPS) is 10.3. The third-order valence-electron chi connectivity index (χ3n) is 1.71. The molecule has 3 nitrogen and oxygen atoms in total. The molecule has 1 radical (unpaired) electrons. The van der Waals surface area contributed by atoms with Crippen LogP contribution in [0.1, 0.15) is 5.56 Å². The molecule has 1 N–H and O–H groups in total. The van der Waals surface area contributed by atoms with E-state index in [-0.39, 0.29) is 6.54 Å². The summed E-state index contributed by atoms with van der Waals surface area (Å²) in [4.78, 5) is 12.3. The Kier molecular flexibility index (Phi) is 3.46. The predicted molar refractivity (Wildman–Crippen MR) is 50.9 cm³/mol. The lowest BCUT2D eigenvalue weighted by molar-refractivity contribution is -0.119. The second-order valence-corrected chi connectivity index (χ2v) is 3.08. The number of nitrogens with one attached hydrogen (secondary N) is 1.